The van der Waals surface area contributed by atoms with E-state index in [4.69, 9.17) is 4.74 Å². The van der Waals surface area contributed by atoms with Crippen molar-refractivity contribution in [3.63, 3.8) is 0 Å². The largest absolute Gasteiger partial charge is 0.438 e. The first-order chi connectivity index (χ1) is 17.5. The zero-order chi connectivity index (χ0) is 26.8. The lowest BCUT2D eigenvalue weighted by Crippen LogP contribution is -2.51. The molecule has 0 saturated carbocycles. The van der Waals surface area contributed by atoms with Crippen LogP contribution in [-0.4, -0.2) is 58.1 Å². The average molecular weight is 502 g/mol. The number of aliphatic hydroxyl groups is 1. The molecular formula is C30H35N3O4. The van der Waals surface area contributed by atoms with Crippen molar-refractivity contribution in [2.45, 2.75) is 50.9 Å². The normalized spacial score (nSPS) is 18.8. The summed E-state index contributed by atoms with van der Waals surface area (Å²) >= 11 is 0. The highest BCUT2D eigenvalue weighted by molar-refractivity contribution is 5.94. The molecule has 0 bridgehead atoms. The van der Waals surface area contributed by atoms with Crippen molar-refractivity contribution in [2.24, 2.45) is 0 Å². The number of amides is 2. The van der Waals surface area contributed by atoms with Crippen molar-refractivity contribution in [1.29, 1.82) is 0 Å². The van der Waals surface area contributed by atoms with Crippen molar-refractivity contribution in [1.82, 2.24) is 14.8 Å². The number of aromatic nitrogens is 1. The minimum absolute atomic E-state index is 0.0978. The number of pyridine rings is 1. The molecule has 2 aromatic carbocycles. The Labute approximate surface area is 218 Å². The fourth-order valence-electron chi connectivity index (χ4n) is 5.00. The zero-order valence-electron chi connectivity index (χ0n) is 22.1. The predicted molar refractivity (Wildman–Crippen MR) is 143 cm³/mol. The fourth-order valence-corrected chi connectivity index (χ4v) is 5.00. The molecule has 0 spiro atoms. The van der Waals surface area contributed by atoms with Crippen LogP contribution in [0.4, 0.5) is 4.79 Å². The smallest absolute Gasteiger partial charge is 0.411 e. The summed E-state index contributed by atoms with van der Waals surface area (Å²) in [6, 6.07) is 19.2. The van der Waals surface area contributed by atoms with Crippen molar-refractivity contribution in [3.8, 4) is 11.1 Å². The molecule has 0 unspecified atom stereocenters. The molecule has 3 aromatic rings. The summed E-state index contributed by atoms with van der Waals surface area (Å²) in [7, 11) is 3.43. The number of ether oxygens (including phenoxy) is 1. The third-order valence-corrected chi connectivity index (χ3v) is 6.88. The number of hydrogen-bond acceptors (Lipinski definition) is 5. The van der Waals surface area contributed by atoms with Gasteiger partial charge in [0, 0.05) is 51.4 Å². The van der Waals surface area contributed by atoms with Crippen molar-refractivity contribution < 1.29 is 19.4 Å². The molecule has 7 heteroatoms. The van der Waals surface area contributed by atoms with Crippen LogP contribution >= 0.6 is 0 Å². The van der Waals surface area contributed by atoms with Gasteiger partial charge in [-0.1, -0.05) is 54.6 Å². The first-order valence-electron chi connectivity index (χ1n) is 12.5. The number of carbonyl (C=O) groups excluding carboxylic acids is 2. The Kier molecular flexibility index (Phi) is 7.37. The van der Waals surface area contributed by atoms with Gasteiger partial charge in [-0.05, 0) is 43.5 Å². The van der Waals surface area contributed by atoms with Crippen LogP contribution < -0.4 is 0 Å². The van der Waals surface area contributed by atoms with Gasteiger partial charge in [-0.25, -0.2) is 4.79 Å². The minimum Gasteiger partial charge on any atom is -0.438 e. The molecule has 2 amide bonds. The van der Waals surface area contributed by atoms with Gasteiger partial charge in [0.2, 0.25) is 0 Å². The molecule has 1 fully saturated rings. The second-order valence-electron chi connectivity index (χ2n) is 10.6. The van der Waals surface area contributed by atoms with E-state index in [2.05, 4.69) is 4.98 Å². The lowest BCUT2D eigenvalue weighted by atomic mass is 9.80. The van der Waals surface area contributed by atoms with E-state index in [-0.39, 0.29) is 11.9 Å². The molecule has 4 rings (SSSR count). The lowest BCUT2D eigenvalue weighted by molar-refractivity contribution is -0.101. The Hall–Kier alpha value is -3.71. The number of carbonyl (C=O) groups is 2. The molecule has 1 saturated heterocycles. The van der Waals surface area contributed by atoms with Gasteiger partial charge in [0.25, 0.3) is 5.91 Å². The Morgan fingerprint density at radius 1 is 1.11 bits per heavy atom. The van der Waals surface area contributed by atoms with E-state index in [0.29, 0.717) is 24.9 Å². The molecule has 1 N–H and O–H groups in total. The third kappa shape index (κ3) is 5.83. The van der Waals surface area contributed by atoms with Crippen molar-refractivity contribution in [3.05, 3.63) is 89.7 Å². The summed E-state index contributed by atoms with van der Waals surface area (Å²) in [6.45, 7) is 5.97. The van der Waals surface area contributed by atoms with Crippen LogP contribution in [0.1, 0.15) is 61.1 Å². The number of nitrogens with zero attached hydrogens (tertiary/aromatic N) is 3. The van der Waals surface area contributed by atoms with Gasteiger partial charge in [0.15, 0.2) is 0 Å². The van der Waals surface area contributed by atoms with Gasteiger partial charge < -0.3 is 19.6 Å². The molecule has 0 radical (unpaired) electrons. The summed E-state index contributed by atoms with van der Waals surface area (Å²) in [4.78, 5) is 33.1. The van der Waals surface area contributed by atoms with E-state index in [1.165, 1.54) is 4.90 Å². The first-order valence-corrected chi connectivity index (χ1v) is 12.5. The molecule has 2 atom stereocenters. The highest BCUT2D eigenvalue weighted by atomic mass is 16.6. The Morgan fingerprint density at radius 3 is 2.38 bits per heavy atom. The molecular weight excluding hydrogens is 466 g/mol. The maximum Gasteiger partial charge on any atom is 0.411 e. The summed E-state index contributed by atoms with van der Waals surface area (Å²) in [6.07, 6.45) is 3.80. The quantitative estimate of drug-likeness (QED) is 0.468. The monoisotopic (exact) mass is 501 g/mol. The molecule has 1 aromatic heterocycles. The number of hydrogen-bond donors (Lipinski definition) is 1. The summed E-state index contributed by atoms with van der Waals surface area (Å²) in [5.41, 5.74) is 2.32. The summed E-state index contributed by atoms with van der Waals surface area (Å²) in [5, 5.41) is 10.6. The van der Waals surface area contributed by atoms with Crippen LogP contribution in [0.15, 0.2) is 73.1 Å². The maximum absolute atomic E-state index is 13.3. The second kappa shape index (κ2) is 10.3. The maximum atomic E-state index is 13.3. The average Bonchev–Trinajstić information content (AvgIpc) is 2.87. The van der Waals surface area contributed by atoms with Crippen LogP contribution in [0.25, 0.3) is 11.1 Å². The molecule has 2 heterocycles. The fraction of sp³-hybridized carbons (Fsp3) is 0.367. The topological polar surface area (TPSA) is 83.0 Å². The summed E-state index contributed by atoms with van der Waals surface area (Å²) < 4.78 is 6.12. The van der Waals surface area contributed by atoms with Gasteiger partial charge in [-0.2, -0.15) is 0 Å². The SMILES string of the molecule is C[C@@H](c1ccc(-c2cncc(C(=O)N(C)C)c2)cc1)N1CC[C@](CC(C)(C)O)(c2ccccc2)OC1=O. The molecule has 7 nitrogen and oxygen atoms in total. The Balaban J connectivity index is 1.52. The third-order valence-electron chi connectivity index (χ3n) is 6.88. The number of benzene rings is 2. The van der Waals surface area contributed by atoms with E-state index in [1.807, 2.05) is 67.6 Å². The van der Waals surface area contributed by atoms with Crippen molar-refractivity contribution >= 4 is 12.0 Å². The van der Waals surface area contributed by atoms with Gasteiger partial charge in [-0.3, -0.25) is 9.78 Å². The molecule has 37 heavy (non-hydrogen) atoms. The van der Waals surface area contributed by atoms with E-state index in [1.54, 1.807) is 45.2 Å². The molecule has 1 aliphatic heterocycles. The van der Waals surface area contributed by atoms with E-state index >= 15 is 0 Å². The van der Waals surface area contributed by atoms with Crippen LogP contribution in [0.3, 0.4) is 0 Å². The van der Waals surface area contributed by atoms with Crippen LogP contribution in [0.2, 0.25) is 0 Å². The van der Waals surface area contributed by atoms with Gasteiger partial charge in [0.05, 0.1) is 17.2 Å². The van der Waals surface area contributed by atoms with Gasteiger partial charge >= 0.3 is 6.09 Å². The van der Waals surface area contributed by atoms with E-state index in [9.17, 15) is 14.7 Å². The first kappa shape index (κ1) is 26.4. The highest BCUT2D eigenvalue weighted by Crippen LogP contribution is 2.42. The second-order valence-corrected chi connectivity index (χ2v) is 10.6. The van der Waals surface area contributed by atoms with Gasteiger partial charge in [-0.15, -0.1) is 0 Å². The van der Waals surface area contributed by atoms with E-state index in [0.717, 1.165) is 22.3 Å². The summed E-state index contributed by atoms with van der Waals surface area (Å²) in [5.74, 6) is -0.0978. The Bertz CT molecular complexity index is 1250. The highest BCUT2D eigenvalue weighted by Gasteiger charge is 2.46. The zero-order valence-corrected chi connectivity index (χ0v) is 22.1. The van der Waals surface area contributed by atoms with Crippen LogP contribution in [0, 0.1) is 0 Å². The van der Waals surface area contributed by atoms with Crippen molar-refractivity contribution in [2.75, 3.05) is 20.6 Å². The molecule has 194 valence electrons. The lowest BCUT2D eigenvalue weighted by Gasteiger charge is -2.45. The van der Waals surface area contributed by atoms with Crippen LogP contribution in [0.5, 0.6) is 0 Å². The Morgan fingerprint density at radius 2 is 1.78 bits per heavy atom. The number of cyclic esters (lactones) is 1. The standard InChI is InChI=1S/C30H35N3O4/c1-21(22-11-13-23(14-12-22)24-17-25(19-31-18-24)27(34)32(4)5)33-16-15-30(37-28(33)35,20-29(2,3)36)26-9-7-6-8-10-26/h6-14,17-19,21,36H,15-16,20H2,1-5H3/t21-,30-/m0/s1. The number of rotatable bonds is 7. The molecule has 0 aliphatic carbocycles. The van der Waals surface area contributed by atoms with E-state index < -0.39 is 17.3 Å². The predicted octanol–water partition coefficient (Wildman–Crippen LogP) is 5.41. The minimum atomic E-state index is -0.997. The van der Waals surface area contributed by atoms with Gasteiger partial charge in [0.1, 0.15) is 5.60 Å². The van der Waals surface area contributed by atoms with Crippen LogP contribution in [-0.2, 0) is 10.3 Å². The molecule has 1 aliphatic rings.